The predicted octanol–water partition coefficient (Wildman–Crippen LogP) is 2.69. The molecule has 2 rings (SSSR count). The van der Waals surface area contributed by atoms with Crippen molar-refractivity contribution in [3.8, 4) is 0 Å². The van der Waals surface area contributed by atoms with E-state index >= 15 is 0 Å². The van der Waals surface area contributed by atoms with E-state index in [4.69, 9.17) is 11.6 Å². The zero-order chi connectivity index (χ0) is 13.2. The maximum Gasteiger partial charge on any atom is 0.244 e. The largest absolute Gasteiger partial charge is 0.244 e. The average molecular weight is 289 g/mol. The number of nitrogens with zero attached hydrogens (tertiary/aromatic N) is 2. The third-order valence-corrected chi connectivity index (χ3v) is 5.52. The molecule has 4 nitrogen and oxygen atoms in total. The molecule has 1 aromatic heterocycles. The van der Waals surface area contributed by atoms with E-state index in [1.807, 2.05) is 6.92 Å². The Kier molecular flexibility index (Phi) is 4.25. The minimum absolute atomic E-state index is 0.0492. The van der Waals surface area contributed by atoms with E-state index in [0.29, 0.717) is 11.7 Å². The van der Waals surface area contributed by atoms with Crippen LogP contribution in [0.4, 0.5) is 0 Å². The number of hydrogen-bond donors (Lipinski definition) is 0. The molecule has 0 radical (unpaired) electrons. The lowest BCUT2D eigenvalue weighted by Crippen LogP contribution is -2.38. The molecular weight excluding hydrogens is 272 g/mol. The lowest BCUT2D eigenvalue weighted by molar-refractivity contribution is 0.342. The number of sulfonamides is 1. The highest BCUT2D eigenvalue weighted by Gasteiger charge is 2.30. The van der Waals surface area contributed by atoms with Gasteiger partial charge in [-0.05, 0) is 31.9 Å². The van der Waals surface area contributed by atoms with Crippen molar-refractivity contribution >= 4 is 21.6 Å². The van der Waals surface area contributed by atoms with Crippen LogP contribution in [0.1, 0.15) is 32.6 Å². The standard InChI is InChI=1S/C12H17ClN2O2S/c1-10-5-3-2-4-8-15(10)18(16,17)11-6-7-12(13)14-9-11/h6-7,9-10H,2-5,8H2,1H3. The molecular formula is C12H17ClN2O2S. The first-order chi connectivity index (χ1) is 8.51. The van der Waals surface area contributed by atoms with Gasteiger partial charge in [0.15, 0.2) is 0 Å². The Morgan fingerprint density at radius 2 is 2.11 bits per heavy atom. The first-order valence-corrected chi connectivity index (χ1v) is 7.97. The minimum atomic E-state index is -3.44. The van der Waals surface area contributed by atoms with Gasteiger partial charge >= 0.3 is 0 Å². The Hall–Kier alpha value is -0.650. The Morgan fingerprint density at radius 1 is 1.33 bits per heavy atom. The molecule has 1 aromatic rings. The highest BCUT2D eigenvalue weighted by atomic mass is 35.5. The van der Waals surface area contributed by atoms with Crippen molar-refractivity contribution in [2.75, 3.05) is 6.54 Å². The highest BCUT2D eigenvalue weighted by molar-refractivity contribution is 7.89. The van der Waals surface area contributed by atoms with Gasteiger partial charge in [0, 0.05) is 18.8 Å². The number of hydrogen-bond acceptors (Lipinski definition) is 3. The van der Waals surface area contributed by atoms with E-state index in [0.717, 1.165) is 25.7 Å². The van der Waals surface area contributed by atoms with Gasteiger partial charge in [-0.25, -0.2) is 13.4 Å². The summed E-state index contributed by atoms with van der Waals surface area (Å²) in [5.41, 5.74) is 0. The monoisotopic (exact) mass is 288 g/mol. The van der Waals surface area contributed by atoms with Crippen molar-refractivity contribution in [3.05, 3.63) is 23.5 Å². The van der Waals surface area contributed by atoms with Crippen LogP contribution >= 0.6 is 11.6 Å². The van der Waals surface area contributed by atoms with Crippen LogP contribution in [0.2, 0.25) is 5.15 Å². The van der Waals surface area contributed by atoms with Gasteiger partial charge in [0.25, 0.3) is 0 Å². The Balaban J connectivity index is 2.31. The normalized spacial score (nSPS) is 22.7. The number of halogens is 1. The molecule has 0 saturated carbocycles. The maximum absolute atomic E-state index is 12.5. The summed E-state index contributed by atoms with van der Waals surface area (Å²) in [5.74, 6) is 0. The summed E-state index contributed by atoms with van der Waals surface area (Å²) < 4.78 is 26.6. The predicted molar refractivity (Wildman–Crippen MR) is 71.1 cm³/mol. The smallest absolute Gasteiger partial charge is 0.243 e. The molecule has 0 aliphatic carbocycles. The Labute approximate surface area is 113 Å². The van der Waals surface area contributed by atoms with Crippen molar-refractivity contribution < 1.29 is 8.42 Å². The van der Waals surface area contributed by atoms with Gasteiger partial charge in [-0.1, -0.05) is 24.4 Å². The molecule has 1 atom stereocenters. The third-order valence-electron chi connectivity index (χ3n) is 3.30. The molecule has 0 amide bonds. The molecule has 0 spiro atoms. The number of aromatic nitrogens is 1. The zero-order valence-corrected chi connectivity index (χ0v) is 11.9. The second-order valence-corrected chi connectivity index (χ2v) is 6.91. The second-order valence-electron chi connectivity index (χ2n) is 4.63. The van der Waals surface area contributed by atoms with Crippen LogP contribution < -0.4 is 0 Å². The molecule has 0 bridgehead atoms. The quantitative estimate of drug-likeness (QED) is 0.786. The molecule has 0 N–H and O–H groups in total. The van der Waals surface area contributed by atoms with Crippen molar-refractivity contribution in [1.29, 1.82) is 0 Å². The minimum Gasteiger partial charge on any atom is -0.243 e. The summed E-state index contributed by atoms with van der Waals surface area (Å²) in [5, 5.41) is 0.304. The summed E-state index contributed by atoms with van der Waals surface area (Å²) in [6.07, 6.45) is 5.35. The van der Waals surface area contributed by atoms with Crippen LogP contribution in [0.15, 0.2) is 23.2 Å². The first-order valence-electron chi connectivity index (χ1n) is 6.15. The van der Waals surface area contributed by atoms with Gasteiger partial charge in [0.05, 0.1) is 0 Å². The van der Waals surface area contributed by atoms with E-state index in [9.17, 15) is 8.42 Å². The fourth-order valence-corrected chi connectivity index (χ4v) is 4.01. The van der Waals surface area contributed by atoms with Crippen LogP contribution in [0, 0.1) is 0 Å². The maximum atomic E-state index is 12.5. The van der Waals surface area contributed by atoms with Crippen LogP contribution in [-0.2, 0) is 10.0 Å². The summed E-state index contributed by atoms with van der Waals surface area (Å²) in [6.45, 7) is 2.55. The van der Waals surface area contributed by atoms with E-state index in [2.05, 4.69) is 4.98 Å². The molecule has 100 valence electrons. The van der Waals surface area contributed by atoms with Crippen LogP contribution in [0.3, 0.4) is 0 Å². The van der Waals surface area contributed by atoms with Gasteiger partial charge in [0.2, 0.25) is 10.0 Å². The molecule has 1 unspecified atom stereocenters. The van der Waals surface area contributed by atoms with Gasteiger partial charge < -0.3 is 0 Å². The van der Waals surface area contributed by atoms with E-state index in [1.54, 1.807) is 4.31 Å². The van der Waals surface area contributed by atoms with Gasteiger partial charge in [0.1, 0.15) is 10.0 Å². The first kappa shape index (κ1) is 13.8. The topological polar surface area (TPSA) is 50.3 Å². The van der Waals surface area contributed by atoms with Gasteiger partial charge in [-0.3, -0.25) is 0 Å². The molecule has 0 aromatic carbocycles. The van der Waals surface area contributed by atoms with Crippen molar-refractivity contribution in [3.63, 3.8) is 0 Å². The molecule has 1 aliphatic rings. The number of rotatable bonds is 2. The zero-order valence-electron chi connectivity index (χ0n) is 10.3. The molecule has 18 heavy (non-hydrogen) atoms. The number of pyridine rings is 1. The van der Waals surface area contributed by atoms with Crippen LogP contribution in [0.5, 0.6) is 0 Å². The fourth-order valence-electron chi connectivity index (χ4n) is 2.26. The second kappa shape index (κ2) is 5.55. The Bertz CT molecular complexity index is 501. The molecule has 6 heteroatoms. The van der Waals surface area contributed by atoms with Crippen LogP contribution in [0.25, 0.3) is 0 Å². The lowest BCUT2D eigenvalue weighted by atomic mass is 10.1. The summed E-state index contributed by atoms with van der Waals surface area (Å²) in [6, 6.07) is 3.08. The Morgan fingerprint density at radius 3 is 2.78 bits per heavy atom. The highest BCUT2D eigenvalue weighted by Crippen LogP contribution is 2.24. The van der Waals surface area contributed by atoms with Crippen molar-refractivity contribution in [2.45, 2.75) is 43.5 Å². The molecule has 1 fully saturated rings. The van der Waals surface area contributed by atoms with Gasteiger partial charge in [-0.15, -0.1) is 0 Å². The molecule has 2 heterocycles. The van der Waals surface area contributed by atoms with Crippen molar-refractivity contribution in [1.82, 2.24) is 9.29 Å². The van der Waals surface area contributed by atoms with Crippen LogP contribution in [-0.4, -0.2) is 30.3 Å². The van der Waals surface area contributed by atoms with Crippen molar-refractivity contribution in [2.24, 2.45) is 0 Å². The lowest BCUT2D eigenvalue weighted by Gasteiger charge is -2.26. The van der Waals surface area contributed by atoms with Gasteiger partial charge in [-0.2, -0.15) is 4.31 Å². The van der Waals surface area contributed by atoms with E-state index in [-0.39, 0.29) is 10.9 Å². The fraction of sp³-hybridized carbons (Fsp3) is 0.583. The summed E-state index contributed by atoms with van der Waals surface area (Å²) in [7, 11) is -3.44. The third kappa shape index (κ3) is 2.84. The SMILES string of the molecule is CC1CCCCCN1S(=O)(=O)c1ccc(Cl)nc1. The van der Waals surface area contributed by atoms with E-state index < -0.39 is 10.0 Å². The summed E-state index contributed by atoms with van der Waals surface area (Å²) in [4.78, 5) is 4.07. The molecule has 1 saturated heterocycles. The average Bonchev–Trinajstić information content (AvgIpc) is 2.55. The summed E-state index contributed by atoms with van der Waals surface area (Å²) >= 11 is 5.68. The molecule has 1 aliphatic heterocycles. The van der Waals surface area contributed by atoms with E-state index in [1.165, 1.54) is 18.3 Å².